The first-order valence-electron chi connectivity index (χ1n) is 7.01. The standard InChI is InChI=1S/C16H18N2O3/c19-13-12-18(17-11-5-4-8-15(17)20)16(21)10-9-14-6-2-1-3-7-14/h1-3,6-7,9-10,13H,4-5,8,11-12H2/b10-9+. The number of aldehydes is 1. The maximum absolute atomic E-state index is 12.2. The fourth-order valence-electron chi connectivity index (χ4n) is 2.24. The van der Waals surface area contributed by atoms with E-state index in [1.165, 1.54) is 16.1 Å². The smallest absolute Gasteiger partial charge is 0.265 e. The summed E-state index contributed by atoms with van der Waals surface area (Å²) < 4.78 is 0. The third-order valence-electron chi connectivity index (χ3n) is 3.31. The van der Waals surface area contributed by atoms with Gasteiger partial charge < -0.3 is 4.79 Å². The molecule has 0 aliphatic carbocycles. The lowest BCUT2D eigenvalue weighted by Gasteiger charge is -2.35. The van der Waals surface area contributed by atoms with Crippen LogP contribution in [0, 0.1) is 0 Å². The maximum Gasteiger partial charge on any atom is 0.265 e. The Bertz CT molecular complexity index is 540. The van der Waals surface area contributed by atoms with E-state index in [1.807, 2.05) is 30.3 Å². The SMILES string of the molecule is O=CCN(C(=O)/C=C/c1ccccc1)N1CCCCC1=O. The fourth-order valence-corrected chi connectivity index (χ4v) is 2.24. The number of hydrazine groups is 1. The van der Waals surface area contributed by atoms with E-state index in [0.29, 0.717) is 19.3 Å². The molecule has 0 aromatic heterocycles. The molecule has 0 spiro atoms. The molecular formula is C16H18N2O3. The summed E-state index contributed by atoms with van der Waals surface area (Å²) in [5.41, 5.74) is 0.891. The topological polar surface area (TPSA) is 57.7 Å². The lowest BCUT2D eigenvalue weighted by molar-refractivity contribution is -0.163. The summed E-state index contributed by atoms with van der Waals surface area (Å²) in [7, 11) is 0. The monoisotopic (exact) mass is 286 g/mol. The highest BCUT2D eigenvalue weighted by Gasteiger charge is 2.26. The summed E-state index contributed by atoms with van der Waals surface area (Å²) in [5, 5.41) is 2.60. The van der Waals surface area contributed by atoms with Crippen LogP contribution < -0.4 is 0 Å². The zero-order valence-electron chi connectivity index (χ0n) is 11.8. The van der Waals surface area contributed by atoms with Gasteiger partial charge >= 0.3 is 0 Å². The number of hydrogen-bond donors (Lipinski definition) is 0. The first kappa shape index (κ1) is 15.0. The number of carbonyl (C=O) groups excluding carboxylic acids is 3. The van der Waals surface area contributed by atoms with Crippen LogP contribution in [0.3, 0.4) is 0 Å². The van der Waals surface area contributed by atoms with Crippen molar-refractivity contribution in [3.63, 3.8) is 0 Å². The molecular weight excluding hydrogens is 268 g/mol. The largest absolute Gasteiger partial charge is 0.301 e. The molecule has 0 bridgehead atoms. The summed E-state index contributed by atoms with van der Waals surface area (Å²) in [6, 6.07) is 9.40. The number of nitrogens with zero attached hydrogens (tertiary/aromatic N) is 2. The Morgan fingerprint density at radius 3 is 2.67 bits per heavy atom. The maximum atomic E-state index is 12.2. The minimum Gasteiger partial charge on any atom is -0.301 e. The van der Waals surface area contributed by atoms with Gasteiger partial charge in [-0.2, -0.15) is 0 Å². The van der Waals surface area contributed by atoms with E-state index in [4.69, 9.17) is 0 Å². The lowest BCUT2D eigenvalue weighted by atomic mass is 10.1. The zero-order valence-corrected chi connectivity index (χ0v) is 11.8. The van der Waals surface area contributed by atoms with Crippen molar-refractivity contribution in [3.05, 3.63) is 42.0 Å². The van der Waals surface area contributed by atoms with Crippen LogP contribution in [0.5, 0.6) is 0 Å². The van der Waals surface area contributed by atoms with Crippen molar-refractivity contribution in [1.82, 2.24) is 10.0 Å². The molecule has 2 amide bonds. The molecule has 0 radical (unpaired) electrons. The Morgan fingerprint density at radius 2 is 2.00 bits per heavy atom. The van der Waals surface area contributed by atoms with Crippen molar-refractivity contribution >= 4 is 24.2 Å². The van der Waals surface area contributed by atoms with Gasteiger partial charge in [-0.1, -0.05) is 30.3 Å². The van der Waals surface area contributed by atoms with Crippen LogP contribution in [0.25, 0.3) is 6.08 Å². The Morgan fingerprint density at radius 1 is 1.24 bits per heavy atom. The van der Waals surface area contributed by atoms with E-state index < -0.39 is 0 Å². The van der Waals surface area contributed by atoms with Gasteiger partial charge in [0.15, 0.2) is 0 Å². The molecule has 0 N–H and O–H groups in total. The number of amides is 2. The zero-order chi connectivity index (χ0) is 15.1. The summed E-state index contributed by atoms with van der Waals surface area (Å²) in [6.45, 7) is 0.376. The van der Waals surface area contributed by atoms with Crippen molar-refractivity contribution < 1.29 is 14.4 Å². The van der Waals surface area contributed by atoms with Gasteiger partial charge in [0.05, 0.1) is 6.54 Å². The predicted molar refractivity (Wildman–Crippen MR) is 78.8 cm³/mol. The van der Waals surface area contributed by atoms with E-state index in [2.05, 4.69) is 0 Å². The molecule has 110 valence electrons. The van der Waals surface area contributed by atoms with E-state index in [-0.39, 0.29) is 18.4 Å². The van der Waals surface area contributed by atoms with E-state index >= 15 is 0 Å². The van der Waals surface area contributed by atoms with Gasteiger partial charge in [-0.05, 0) is 24.5 Å². The molecule has 2 rings (SSSR count). The molecule has 5 nitrogen and oxygen atoms in total. The number of rotatable bonds is 5. The summed E-state index contributed by atoms with van der Waals surface area (Å²) in [6.07, 6.45) is 5.80. The van der Waals surface area contributed by atoms with Gasteiger partial charge in [-0.25, -0.2) is 5.01 Å². The predicted octanol–water partition coefficient (Wildman–Crippen LogP) is 1.65. The van der Waals surface area contributed by atoms with Crippen molar-refractivity contribution in [2.45, 2.75) is 19.3 Å². The molecule has 1 heterocycles. The minimum atomic E-state index is -0.360. The Kier molecular flexibility index (Phi) is 5.26. The van der Waals surface area contributed by atoms with Crippen LogP contribution in [0.15, 0.2) is 36.4 Å². The van der Waals surface area contributed by atoms with Crippen molar-refractivity contribution in [2.75, 3.05) is 13.1 Å². The van der Waals surface area contributed by atoms with Crippen molar-refractivity contribution in [1.29, 1.82) is 0 Å². The molecule has 5 heteroatoms. The quantitative estimate of drug-likeness (QED) is 0.611. The molecule has 1 fully saturated rings. The van der Waals surface area contributed by atoms with Crippen LogP contribution in [-0.2, 0) is 14.4 Å². The van der Waals surface area contributed by atoms with E-state index in [9.17, 15) is 14.4 Å². The van der Waals surface area contributed by atoms with E-state index in [1.54, 1.807) is 6.08 Å². The molecule has 21 heavy (non-hydrogen) atoms. The normalized spacial score (nSPS) is 15.2. The average Bonchev–Trinajstić information content (AvgIpc) is 2.52. The molecule has 1 aromatic carbocycles. The summed E-state index contributed by atoms with van der Waals surface area (Å²) in [5.74, 6) is -0.467. The van der Waals surface area contributed by atoms with Crippen LogP contribution in [0.4, 0.5) is 0 Å². The highest BCUT2D eigenvalue weighted by Crippen LogP contribution is 2.14. The number of piperidine rings is 1. The first-order valence-corrected chi connectivity index (χ1v) is 7.01. The van der Waals surface area contributed by atoms with Gasteiger partial charge in [-0.3, -0.25) is 14.6 Å². The Hall–Kier alpha value is -2.43. The second-order valence-corrected chi connectivity index (χ2v) is 4.81. The van der Waals surface area contributed by atoms with Gasteiger partial charge in [0.2, 0.25) is 5.91 Å². The highest BCUT2D eigenvalue weighted by molar-refractivity contribution is 5.94. The van der Waals surface area contributed by atoms with Gasteiger partial charge in [0.25, 0.3) is 5.91 Å². The van der Waals surface area contributed by atoms with E-state index in [0.717, 1.165) is 18.4 Å². The number of carbonyl (C=O) groups is 3. The van der Waals surface area contributed by atoms with Crippen LogP contribution in [0.1, 0.15) is 24.8 Å². The molecule has 0 atom stereocenters. The third kappa shape index (κ3) is 4.02. The van der Waals surface area contributed by atoms with Crippen LogP contribution in [0.2, 0.25) is 0 Å². The van der Waals surface area contributed by atoms with Crippen molar-refractivity contribution in [2.24, 2.45) is 0 Å². The average molecular weight is 286 g/mol. The fraction of sp³-hybridized carbons (Fsp3) is 0.312. The van der Waals surface area contributed by atoms with Crippen LogP contribution >= 0.6 is 0 Å². The molecule has 1 aliphatic rings. The third-order valence-corrected chi connectivity index (χ3v) is 3.31. The molecule has 0 saturated carbocycles. The minimum absolute atomic E-state index is 0.107. The molecule has 1 aliphatic heterocycles. The van der Waals surface area contributed by atoms with Crippen LogP contribution in [-0.4, -0.2) is 41.2 Å². The van der Waals surface area contributed by atoms with Gasteiger partial charge in [0, 0.05) is 19.0 Å². The second-order valence-electron chi connectivity index (χ2n) is 4.81. The molecule has 0 unspecified atom stereocenters. The van der Waals surface area contributed by atoms with Crippen molar-refractivity contribution in [3.8, 4) is 0 Å². The number of benzene rings is 1. The molecule has 1 aromatic rings. The van der Waals surface area contributed by atoms with Gasteiger partial charge in [0.1, 0.15) is 6.29 Å². The highest BCUT2D eigenvalue weighted by atomic mass is 16.2. The molecule has 1 saturated heterocycles. The summed E-state index contributed by atoms with van der Waals surface area (Å²) in [4.78, 5) is 34.9. The Balaban J connectivity index is 2.10. The number of hydrogen-bond acceptors (Lipinski definition) is 3. The first-order chi connectivity index (χ1) is 10.2. The second kappa shape index (κ2) is 7.38. The summed E-state index contributed by atoms with van der Waals surface area (Å²) >= 11 is 0. The van der Waals surface area contributed by atoms with Gasteiger partial charge in [-0.15, -0.1) is 0 Å². The Labute approximate surface area is 123 Å². The lowest BCUT2D eigenvalue weighted by Crippen LogP contribution is -2.51.